The minimum absolute atomic E-state index is 0.0604. The molecule has 0 radical (unpaired) electrons. The van der Waals surface area contributed by atoms with Gasteiger partial charge in [-0.3, -0.25) is 14.5 Å². The Hall–Kier alpha value is -2.95. The van der Waals surface area contributed by atoms with E-state index >= 15 is 0 Å². The maximum Gasteiger partial charge on any atom is 0.251 e. The highest BCUT2D eigenvalue weighted by Gasteiger charge is 2.06. The van der Waals surface area contributed by atoms with Gasteiger partial charge in [0, 0.05) is 24.5 Å². The first-order valence-corrected chi connectivity index (χ1v) is 8.08. The smallest absolute Gasteiger partial charge is 0.251 e. The highest BCUT2D eigenvalue weighted by molar-refractivity contribution is 5.94. The van der Waals surface area contributed by atoms with Crippen LogP contribution in [0.3, 0.4) is 0 Å². The molecule has 3 aromatic rings. The van der Waals surface area contributed by atoms with Crippen LogP contribution in [0, 0.1) is 0 Å². The molecule has 0 aliphatic carbocycles. The number of aromatic nitrogens is 3. The molecule has 0 saturated carbocycles. The number of amides is 1. The van der Waals surface area contributed by atoms with E-state index in [-0.39, 0.29) is 5.91 Å². The van der Waals surface area contributed by atoms with Crippen LogP contribution in [0.2, 0.25) is 0 Å². The monoisotopic (exact) mass is 320 g/mol. The number of aryl methyl sites for hydroxylation is 1. The summed E-state index contributed by atoms with van der Waals surface area (Å²) >= 11 is 0. The number of benzene rings is 1. The topological polar surface area (TPSA) is 59.8 Å². The molecule has 0 aliphatic rings. The Kier molecular flexibility index (Phi) is 5.01. The molecule has 0 unspecified atom stereocenters. The van der Waals surface area contributed by atoms with E-state index in [4.69, 9.17) is 0 Å². The Morgan fingerprint density at radius 2 is 1.92 bits per heavy atom. The second-order valence-electron chi connectivity index (χ2n) is 5.49. The quantitative estimate of drug-likeness (QED) is 0.759. The minimum Gasteiger partial charge on any atom is -0.350 e. The zero-order valence-corrected chi connectivity index (χ0v) is 13.6. The summed E-state index contributed by atoms with van der Waals surface area (Å²) < 4.78 is 1.81. The second kappa shape index (κ2) is 7.55. The second-order valence-corrected chi connectivity index (χ2v) is 5.49. The van der Waals surface area contributed by atoms with Gasteiger partial charge in [0.2, 0.25) is 0 Å². The summed E-state index contributed by atoms with van der Waals surface area (Å²) in [5, 5.41) is 7.39. The van der Waals surface area contributed by atoms with E-state index in [1.54, 1.807) is 6.20 Å². The number of nitrogens with one attached hydrogen (secondary N) is 1. The average molecular weight is 320 g/mol. The van der Waals surface area contributed by atoms with Crippen molar-refractivity contribution in [3.8, 4) is 11.4 Å². The third-order valence-corrected chi connectivity index (χ3v) is 3.82. The van der Waals surface area contributed by atoms with Crippen LogP contribution in [-0.4, -0.2) is 27.2 Å². The van der Waals surface area contributed by atoms with Gasteiger partial charge in [-0.05, 0) is 42.3 Å². The Bertz CT molecular complexity index is 794. The van der Waals surface area contributed by atoms with Gasteiger partial charge in [-0.2, -0.15) is 5.10 Å². The maximum atomic E-state index is 12.1. The summed E-state index contributed by atoms with van der Waals surface area (Å²) in [4.78, 5) is 16.4. The SMILES string of the molecule is CCc1ccc(C(=O)NCCn2ccc(-c3ccccn3)n2)cc1. The zero-order chi connectivity index (χ0) is 16.8. The first-order valence-electron chi connectivity index (χ1n) is 8.08. The van der Waals surface area contributed by atoms with Gasteiger partial charge < -0.3 is 5.32 Å². The standard InChI is InChI=1S/C19H20N4O/c1-2-15-6-8-16(9-7-15)19(24)21-12-14-23-13-10-18(22-23)17-5-3-4-11-20-17/h3-11,13H,2,12,14H2,1H3,(H,21,24). The Labute approximate surface area is 141 Å². The van der Waals surface area contributed by atoms with Crippen LogP contribution < -0.4 is 5.32 Å². The number of carbonyl (C=O) groups is 1. The molecular formula is C19H20N4O. The van der Waals surface area contributed by atoms with Crippen LogP contribution >= 0.6 is 0 Å². The molecule has 2 heterocycles. The molecule has 3 rings (SSSR count). The number of nitrogens with zero attached hydrogens (tertiary/aromatic N) is 3. The van der Waals surface area contributed by atoms with Gasteiger partial charge in [0.25, 0.3) is 5.91 Å². The third-order valence-electron chi connectivity index (χ3n) is 3.82. The van der Waals surface area contributed by atoms with Crippen molar-refractivity contribution in [1.29, 1.82) is 0 Å². The van der Waals surface area contributed by atoms with Crippen LogP contribution in [0.5, 0.6) is 0 Å². The maximum absolute atomic E-state index is 12.1. The number of carbonyl (C=O) groups excluding carboxylic acids is 1. The molecule has 2 aromatic heterocycles. The molecular weight excluding hydrogens is 300 g/mol. The van der Waals surface area contributed by atoms with Crippen LogP contribution in [0.25, 0.3) is 11.4 Å². The van der Waals surface area contributed by atoms with Crippen LogP contribution in [0.15, 0.2) is 60.9 Å². The van der Waals surface area contributed by atoms with E-state index in [9.17, 15) is 4.79 Å². The predicted octanol–water partition coefficient (Wildman–Crippen LogP) is 2.94. The molecule has 0 aliphatic heterocycles. The average Bonchev–Trinajstić information content (AvgIpc) is 3.11. The lowest BCUT2D eigenvalue weighted by atomic mass is 10.1. The number of hydrogen-bond acceptors (Lipinski definition) is 3. The third kappa shape index (κ3) is 3.87. The van der Waals surface area contributed by atoms with Gasteiger partial charge in [-0.15, -0.1) is 0 Å². The lowest BCUT2D eigenvalue weighted by molar-refractivity contribution is 0.0952. The summed E-state index contributed by atoms with van der Waals surface area (Å²) in [5.41, 5.74) is 3.58. The van der Waals surface area contributed by atoms with Gasteiger partial charge in [-0.1, -0.05) is 25.1 Å². The molecule has 5 heteroatoms. The summed E-state index contributed by atoms with van der Waals surface area (Å²) in [6.07, 6.45) is 4.62. The van der Waals surface area contributed by atoms with Crippen molar-refractivity contribution in [3.05, 3.63) is 72.1 Å². The molecule has 1 aromatic carbocycles. The van der Waals surface area contributed by atoms with Gasteiger partial charge in [-0.25, -0.2) is 0 Å². The van der Waals surface area contributed by atoms with Crippen LogP contribution in [-0.2, 0) is 13.0 Å². The van der Waals surface area contributed by atoms with Crippen LogP contribution in [0.4, 0.5) is 0 Å². The van der Waals surface area contributed by atoms with Crippen LogP contribution in [0.1, 0.15) is 22.8 Å². The summed E-state index contributed by atoms with van der Waals surface area (Å²) in [5.74, 6) is -0.0604. The highest BCUT2D eigenvalue weighted by Crippen LogP contribution is 2.12. The van der Waals surface area contributed by atoms with E-state index in [1.807, 2.05) is 59.4 Å². The van der Waals surface area contributed by atoms with Crippen molar-refractivity contribution in [2.75, 3.05) is 6.54 Å². The lowest BCUT2D eigenvalue weighted by Gasteiger charge is -2.06. The van der Waals surface area contributed by atoms with Crippen molar-refractivity contribution < 1.29 is 4.79 Å². The summed E-state index contributed by atoms with van der Waals surface area (Å²) in [7, 11) is 0. The van der Waals surface area contributed by atoms with Crippen molar-refractivity contribution >= 4 is 5.91 Å². The van der Waals surface area contributed by atoms with Crippen molar-refractivity contribution in [3.63, 3.8) is 0 Å². The minimum atomic E-state index is -0.0604. The summed E-state index contributed by atoms with van der Waals surface area (Å²) in [6.45, 7) is 3.24. The molecule has 1 N–H and O–H groups in total. The van der Waals surface area contributed by atoms with E-state index in [0.717, 1.165) is 17.8 Å². The fourth-order valence-electron chi connectivity index (χ4n) is 2.41. The highest BCUT2D eigenvalue weighted by atomic mass is 16.1. The number of hydrogen-bond donors (Lipinski definition) is 1. The molecule has 1 amide bonds. The van der Waals surface area contributed by atoms with Gasteiger partial charge in [0.1, 0.15) is 5.69 Å². The lowest BCUT2D eigenvalue weighted by Crippen LogP contribution is -2.27. The first-order chi connectivity index (χ1) is 11.8. The molecule has 5 nitrogen and oxygen atoms in total. The normalized spacial score (nSPS) is 10.5. The molecule has 0 atom stereocenters. The van der Waals surface area contributed by atoms with Gasteiger partial charge in [0.05, 0.1) is 12.2 Å². The van der Waals surface area contributed by atoms with Gasteiger partial charge in [0.15, 0.2) is 0 Å². The predicted molar refractivity (Wildman–Crippen MR) is 93.6 cm³/mol. The first kappa shape index (κ1) is 15.9. The number of pyridine rings is 1. The van der Waals surface area contributed by atoms with Crippen molar-refractivity contribution in [2.24, 2.45) is 0 Å². The zero-order valence-electron chi connectivity index (χ0n) is 13.6. The molecule has 0 fully saturated rings. The number of rotatable bonds is 6. The molecule has 0 bridgehead atoms. The summed E-state index contributed by atoms with van der Waals surface area (Å²) in [6, 6.07) is 15.4. The van der Waals surface area contributed by atoms with Gasteiger partial charge >= 0.3 is 0 Å². The molecule has 122 valence electrons. The van der Waals surface area contributed by atoms with Crippen molar-refractivity contribution in [2.45, 2.75) is 19.9 Å². The van der Waals surface area contributed by atoms with Crippen molar-refractivity contribution in [1.82, 2.24) is 20.1 Å². The Morgan fingerprint density at radius 1 is 1.08 bits per heavy atom. The largest absolute Gasteiger partial charge is 0.350 e. The molecule has 0 spiro atoms. The van der Waals surface area contributed by atoms with E-state index in [0.29, 0.717) is 18.7 Å². The van der Waals surface area contributed by atoms with E-state index in [1.165, 1.54) is 5.56 Å². The molecule has 0 saturated heterocycles. The van der Waals surface area contributed by atoms with E-state index in [2.05, 4.69) is 22.3 Å². The van der Waals surface area contributed by atoms with E-state index < -0.39 is 0 Å². The fraction of sp³-hybridized carbons (Fsp3) is 0.211. The fourth-order valence-corrected chi connectivity index (χ4v) is 2.41. The molecule has 24 heavy (non-hydrogen) atoms. The Balaban J connectivity index is 1.53. The Morgan fingerprint density at radius 3 is 2.62 bits per heavy atom.